The summed E-state index contributed by atoms with van der Waals surface area (Å²) >= 11 is 1.57. The fourth-order valence-corrected chi connectivity index (χ4v) is 9.80. The number of carboxylic acid groups (broad SMARTS) is 1. The van der Waals surface area contributed by atoms with E-state index in [-0.39, 0.29) is 12.3 Å². The minimum absolute atomic E-state index is 0.246. The number of Topliss-reactive ketones (excluding diaryl/α,β-unsaturated/α-hetero) is 1. The van der Waals surface area contributed by atoms with Crippen molar-refractivity contribution < 1.29 is 19.3 Å². The number of ketones is 1. The van der Waals surface area contributed by atoms with Gasteiger partial charge in [-0.15, -0.1) is 0 Å². The van der Waals surface area contributed by atoms with E-state index in [1.165, 1.54) is 0 Å². The number of nitrogens with zero attached hydrogens (tertiary/aromatic N) is 1. The summed E-state index contributed by atoms with van der Waals surface area (Å²) in [6.07, 6.45) is 3.90. The molecule has 1 unspecified atom stereocenters. The molecular formula is C27H37N2O4PS. The van der Waals surface area contributed by atoms with Crippen molar-refractivity contribution in [2.45, 2.75) is 55.7 Å². The van der Waals surface area contributed by atoms with E-state index in [0.717, 1.165) is 11.1 Å². The monoisotopic (exact) mass is 516 g/mol. The lowest BCUT2D eigenvalue weighted by Crippen LogP contribution is -2.66. The first-order valence-corrected chi connectivity index (χ1v) is 15.8. The Balaban J connectivity index is 2.15. The van der Waals surface area contributed by atoms with Crippen LogP contribution in [0, 0.1) is 0 Å². The number of carboxylic acids is 1. The molecule has 8 heteroatoms. The third kappa shape index (κ3) is 5.91. The van der Waals surface area contributed by atoms with E-state index in [2.05, 4.69) is 0 Å². The Labute approximate surface area is 213 Å². The molecule has 3 atom stereocenters. The van der Waals surface area contributed by atoms with Gasteiger partial charge in [0.2, 0.25) is 0 Å². The van der Waals surface area contributed by atoms with Crippen molar-refractivity contribution in [1.82, 2.24) is 4.90 Å². The van der Waals surface area contributed by atoms with Gasteiger partial charge in [0, 0.05) is 18.9 Å². The second-order valence-corrected chi connectivity index (χ2v) is 13.5. The Morgan fingerprint density at radius 3 is 2.11 bits per heavy atom. The van der Waals surface area contributed by atoms with E-state index in [1.54, 1.807) is 16.7 Å². The molecule has 0 aliphatic carbocycles. The van der Waals surface area contributed by atoms with Crippen LogP contribution in [0.5, 0.6) is 0 Å². The molecule has 1 aliphatic heterocycles. The summed E-state index contributed by atoms with van der Waals surface area (Å²) in [5, 5.41) is 10.7. The molecule has 190 valence electrons. The lowest BCUT2D eigenvalue weighted by atomic mass is 9.85. The van der Waals surface area contributed by atoms with Crippen molar-refractivity contribution in [2.75, 3.05) is 25.1 Å². The number of benzene rings is 2. The first-order valence-electron chi connectivity index (χ1n) is 12.2. The molecule has 1 fully saturated rings. The molecule has 3 rings (SSSR count). The fraction of sp³-hybridized carbons (Fsp3) is 0.481. The highest BCUT2D eigenvalue weighted by Crippen LogP contribution is 2.63. The maximum Gasteiger partial charge on any atom is 0.332 e. The molecule has 2 aromatic rings. The fourth-order valence-electron chi connectivity index (χ4n) is 5.43. The van der Waals surface area contributed by atoms with Crippen LogP contribution in [0.4, 0.5) is 0 Å². The van der Waals surface area contributed by atoms with Crippen molar-refractivity contribution in [2.24, 2.45) is 5.73 Å². The number of rotatable bonds is 13. The van der Waals surface area contributed by atoms with Gasteiger partial charge in [-0.2, -0.15) is 11.8 Å². The van der Waals surface area contributed by atoms with Crippen LogP contribution in [-0.4, -0.2) is 64.1 Å². The maximum absolute atomic E-state index is 15.1. The zero-order valence-corrected chi connectivity index (χ0v) is 22.3. The van der Waals surface area contributed by atoms with Gasteiger partial charge >= 0.3 is 5.97 Å². The molecule has 0 amide bonds. The molecular weight excluding hydrogens is 479 g/mol. The van der Waals surface area contributed by atoms with E-state index in [0.29, 0.717) is 38.1 Å². The Bertz CT molecular complexity index is 990. The van der Waals surface area contributed by atoms with Gasteiger partial charge in [0.25, 0.3) is 0 Å². The van der Waals surface area contributed by atoms with Crippen molar-refractivity contribution in [3.8, 4) is 0 Å². The van der Waals surface area contributed by atoms with Crippen LogP contribution in [0.2, 0.25) is 0 Å². The van der Waals surface area contributed by atoms with E-state index < -0.39 is 36.1 Å². The maximum atomic E-state index is 15.1. The molecule has 2 aromatic carbocycles. The minimum Gasteiger partial charge on any atom is -0.480 e. The molecule has 1 heterocycles. The normalized spacial score (nSPS) is 21.6. The summed E-state index contributed by atoms with van der Waals surface area (Å²) in [7, 11) is -3.27. The predicted molar refractivity (Wildman–Crippen MR) is 145 cm³/mol. The topological polar surface area (TPSA) is 101 Å². The van der Waals surface area contributed by atoms with Crippen LogP contribution in [-0.2, 0) is 26.5 Å². The third-order valence-corrected chi connectivity index (χ3v) is 11.2. The van der Waals surface area contributed by atoms with Crippen LogP contribution < -0.4 is 5.73 Å². The standard InChI is InChI=1S/C27H37N2O4PS/c1-3-16-29-17-14-24(27(29,26(31)32)25(30)23(28)15-18-35-2)34(33,19-21-10-6-4-7-11-21)20-22-12-8-5-9-13-22/h4-13,23-24H,3,14-20,28H2,1-2H3,(H,31,32)/t23-,24?,27+/m0/s1. The van der Waals surface area contributed by atoms with Crippen molar-refractivity contribution >= 4 is 30.7 Å². The van der Waals surface area contributed by atoms with E-state index in [1.807, 2.05) is 73.8 Å². The zero-order chi connectivity index (χ0) is 25.5. The number of aliphatic carboxylic acids is 1. The van der Waals surface area contributed by atoms with E-state index in [9.17, 15) is 14.7 Å². The quantitative estimate of drug-likeness (QED) is 0.294. The van der Waals surface area contributed by atoms with Gasteiger partial charge in [-0.05, 0) is 48.9 Å². The molecule has 35 heavy (non-hydrogen) atoms. The molecule has 6 nitrogen and oxygen atoms in total. The smallest absolute Gasteiger partial charge is 0.332 e. The van der Waals surface area contributed by atoms with Crippen LogP contribution in [0.3, 0.4) is 0 Å². The second-order valence-electron chi connectivity index (χ2n) is 9.36. The first-order chi connectivity index (χ1) is 16.8. The number of nitrogens with two attached hydrogens (primary N) is 1. The summed E-state index contributed by atoms with van der Waals surface area (Å²) in [6, 6.07) is 18.2. The Kier molecular flexibility index (Phi) is 9.77. The summed E-state index contributed by atoms with van der Waals surface area (Å²) in [5.41, 5.74) is 5.41. The average molecular weight is 517 g/mol. The van der Waals surface area contributed by atoms with Gasteiger partial charge in [0.05, 0.1) is 11.7 Å². The minimum atomic E-state index is -3.27. The molecule has 0 saturated carbocycles. The lowest BCUT2D eigenvalue weighted by molar-refractivity contribution is -0.156. The van der Waals surface area contributed by atoms with Crippen LogP contribution >= 0.6 is 18.9 Å². The van der Waals surface area contributed by atoms with E-state index in [4.69, 9.17) is 5.73 Å². The molecule has 0 bridgehead atoms. The molecule has 0 radical (unpaired) electrons. The molecule has 0 spiro atoms. The number of hydrogen-bond donors (Lipinski definition) is 2. The highest BCUT2D eigenvalue weighted by molar-refractivity contribution is 7.98. The first kappa shape index (κ1) is 27.7. The number of thioether (sulfide) groups is 1. The SMILES string of the molecule is CCCN1CCC(P(=O)(Cc2ccccc2)Cc2ccccc2)[C@]1(C(=O)O)C(=O)[C@@H](N)CCSC. The molecule has 1 aliphatic rings. The Hall–Kier alpha value is -1.92. The van der Waals surface area contributed by atoms with Gasteiger partial charge in [-0.25, -0.2) is 4.79 Å². The molecule has 1 saturated heterocycles. The summed E-state index contributed by atoms with van der Waals surface area (Å²) in [6.45, 7) is 2.82. The predicted octanol–water partition coefficient (Wildman–Crippen LogP) is 4.71. The van der Waals surface area contributed by atoms with Gasteiger partial charge in [0.15, 0.2) is 11.3 Å². The molecule has 3 N–H and O–H groups in total. The summed E-state index contributed by atoms with van der Waals surface area (Å²) in [4.78, 5) is 28.9. The highest BCUT2D eigenvalue weighted by Gasteiger charge is 2.65. The van der Waals surface area contributed by atoms with Crippen molar-refractivity contribution in [3.63, 3.8) is 0 Å². The average Bonchev–Trinajstić information content (AvgIpc) is 3.24. The second kappa shape index (κ2) is 12.4. The van der Waals surface area contributed by atoms with Crippen LogP contribution in [0.15, 0.2) is 60.7 Å². The van der Waals surface area contributed by atoms with Gasteiger partial charge in [0.1, 0.15) is 7.14 Å². The van der Waals surface area contributed by atoms with Gasteiger partial charge < -0.3 is 15.4 Å². The third-order valence-electron chi connectivity index (χ3n) is 6.97. The molecule has 0 aromatic heterocycles. The van der Waals surface area contributed by atoms with Crippen LogP contribution in [0.1, 0.15) is 37.3 Å². The Morgan fingerprint density at radius 2 is 1.66 bits per heavy atom. The summed E-state index contributed by atoms with van der Waals surface area (Å²) < 4.78 is 15.1. The van der Waals surface area contributed by atoms with Crippen molar-refractivity contribution in [1.29, 1.82) is 0 Å². The van der Waals surface area contributed by atoms with Crippen molar-refractivity contribution in [3.05, 3.63) is 71.8 Å². The van der Waals surface area contributed by atoms with Crippen LogP contribution in [0.25, 0.3) is 0 Å². The van der Waals surface area contributed by atoms with Gasteiger partial charge in [-0.3, -0.25) is 9.69 Å². The Morgan fingerprint density at radius 1 is 1.11 bits per heavy atom. The summed E-state index contributed by atoms with van der Waals surface area (Å²) in [5.74, 6) is -1.07. The zero-order valence-electron chi connectivity index (χ0n) is 20.6. The number of carbonyl (C=O) groups excluding carboxylic acids is 1. The lowest BCUT2D eigenvalue weighted by Gasteiger charge is -2.41. The number of hydrogen-bond acceptors (Lipinski definition) is 6. The van der Waals surface area contributed by atoms with Gasteiger partial charge in [-0.1, -0.05) is 67.6 Å². The number of carbonyl (C=O) groups is 2. The number of likely N-dealkylation sites (tertiary alicyclic amines) is 1. The highest BCUT2D eigenvalue weighted by atomic mass is 32.2. The van der Waals surface area contributed by atoms with E-state index >= 15 is 4.57 Å². The largest absolute Gasteiger partial charge is 0.480 e.